The van der Waals surface area contributed by atoms with E-state index in [9.17, 15) is 13.2 Å². The van der Waals surface area contributed by atoms with Crippen molar-refractivity contribution in [2.24, 2.45) is 0 Å². The fourth-order valence-electron chi connectivity index (χ4n) is 4.16. The number of ketones is 1. The van der Waals surface area contributed by atoms with Gasteiger partial charge >= 0.3 is 0 Å². The van der Waals surface area contributed by atoms with Crippen LogP contribution in [0, 0.1) is 6.92 Å². The van der Waals surface area contributed by atoms with Gasteiger partial charge in [0, 0.05) is 25.0 Å². The Balaban J connectivity index is 1.50. The molecule has 0 amide bonds. The van der Waals surface area contributed by atoms with E-state index in [1.165, 1.54) is 0 Å². The number of carbonyl (C=O) groups is 1. The van der Waals surface area contributed by atoms with Gasteiger partial charge in [-0.2, -0.15) is 0 Å². The molecule has 150 valence electrons. The van der Waals surface area contributed by atoms with Crippen molar-refractivity contribution in [3.05, 3.63) is 58.6 Å². The van der Waals surface area contributed by atoms with Gasteiger partial charge in [0.05, 0.1) is 22.6 Å². The number of aromatic nitrogens is 1. The highest BCUT2D eigenvalue weighted by Gasteiger charge is 2.39. The number of hydrogen-bond acceptors (Lipinski definition) is 7. The predicted molar refractivity (Wildman–Crippen MR) is 106 cm³/mol. The number of hydrogen-bond donors (Lipinski definition) is 0. The van der Waals surface area contributed by atoms with Crippen molar-refractivity contribution < 1.29 is 22.7 Å². The number of aryl methyl sites for hydroxylation is 1. The van der Waals surface area contributed by atoms with Gasteiger partial charge in [0.15, 0.2) is 15.6 Å². The van der Waals surface area contributed by atoms with Crippen LogP contribution in [0.3, 0.4) is 0 Å². The second-order valence-corrected chi connectivity index (χ2v) is 9.90. The molecule has 1 saturated heterocycles. The third-order valence-corrected chi connectivity index (χ3v) is 7.43. The first-order chi connectivity index (χ1) is 13.9. The molecule has 0 N–H and O–H groups in total. The van der Waals surface area contributed by atoms with Crippen molar-refractivity contribution >= 4 is 21.7 Å². The number of nitrogens with zero attached hydrogens (tertiary/aromatic N) is 2. The van der Waals surface area contributed by atoms with Crippen LogP contribution in [-0.2, 0) is 16.4 Å². The molecule has 3 aliphatic heterocycles. The number of rotatable bonds is 2. The Morgan fingerprint density at radius 2 is 2.07 bits per heavy atom. The summed E-state index contributed by atoms with van der Waals surface area (Å²) in [6.45, 7) is 2.70. The molecule has 1 unspecified atom stereocenters. The molecule has 1 atom stereocenters. The van der Waals surface area contributed by atoms with E-state index in [1.807, 2.05) is 17.9 Å². The average molecular weight is 412 g/mol. The van der Waals surface area contributed by atoms with Crippen molar-refractivity contribution in [2.75, 3.05) is 18.2 Å². The van der Waals surface area contributed by atoms with Crippen LogP contribution < -0.4 is 9.47 Å². The number of pyridine rings is 1. The lowest BCUT2D eigenvalue weighted by Crippen LogP contribution is -2.41. The van der Waals surface area contributed by atoms with Gasteiger partial charge in [-0.15, -0.1) is 0 Å². The number of Topliss-reactive ketones (excluding diaryl/α,β-unsaturated/α-hetero) is 1. The summed E-state index contributed by atoms with van der Waals surface area (Å²) < 4.78 is 35.7. The Kier molecular flexibility index (Phi) is 4.22. The average Bonchev–Trinajstić information content (AvgIpc) is 3.23. The zero-order chi connectivity index (χ0) is 20.2. The third-order valence-electron chi connectivity index (χ3n) is 5.68. The molecule has 0 spiro atoms. The molecule has 1 aromatic carbocycles. The number of carbonyl (C=O) groups excluding carboxylic acids is 1. The van der Waals surface area contributed by atoms with Crippen LogP contribution in [0.2, 0.25) is 0 Å². The van der Waals surface area contributed by atoms with Crippen LogP contribution >= 0.6 is 0 Å². The molecule has 1 fully saturated rings. The van der Waals surface area contributed by atoms with E-state index in [0.717, 1.165) is 16.7 Å². The molecule has 2 aromatic rings. The summed E-state index contributed by atoms with van der Waals surface area (Å²) in [6.07, 6.45) is 5.63. The lowest BCUT2D eigenvalue weighted by atomic mass is 9.98. The number of ether oxygens (including phenoxy) is 2. The fraction of sp³-hybridized carbons (Fsp3) is 0.333. The molecule has 0 aliphatic carbocycles. The zero-order valence-electron chi connectivity index (χ0n) is 15.9. The smallest absolute Gasteiger partial charge is 0.232 e. The Bertz CT molecular complexity index is 1140. The normalized spacial score (nSPS) is 24.1. The van der Waals surface area contributed by atoms with E-state index in [1.54, 1.807) is 30.6 Å². The highest BCUT2D eigenvalue weighted by molar-refractivity contribution is 7.91. The molecule has 0 radical (unpaired) electrons. The number of sulfone groups is 1. The van der Waals surface area contributed by atoms with Crippen LogP contribution in [0.1, 0.15) is 33.5 Å². The van der Waals surface area contributed by atoms with E-state index < -0.39 is 9.84 Å². The third kappa shape index (κ3) is 3.22. The summed E-state index contributed by atoms with van der Waals surface area (Å²) in [5.74, 6) is 1.68. The summed E-state index contributed by atoms with van der Waals surface area (Å²) in [6, 6.07) is 5.41. The molecule has 4 heterocycles. The Morgan fingerprint density at radius 1 is 1.28 bits per heavy atom. The molecule has 29 heavy (non-hydrogen) atoms. The summed E-state index contributed by atoms with van der Waals surface area (Å²) >= 11 is 0. The van der Waals surface area contributed by atoms with Gasteiger partial charge in [0.25, 0.3) is 0 Å². The lowest BCUT2D eigenvalue weighted by Gasteiger charge is -2.33. The maximum atomic E-state index is 13.0. The summed E-state index contributed by atoms with van der Waals surface area (Å²) in [5, 5.41) is 0. The Morgan fingerprint density at radius 3 is 2.79 bits per heavy atom. The summed E-state index contributed by atoms with van der Waals surface area (Å²) in [7, 11) is -2.99. The van der Waals surface area contributed by atoms with Crippen LogP contribution in [0.25, 0.3) is 6.08 Å². The van der Waals surface area contributed by atoms with Crippen LogP contribution in [-0.4, -0.2) is 48.4 Å². The van der Waals surface area contributed by atoms with Crippen molar-refractivity contribution in [3.8, 4) is 11.5 Å². The minimum Gasteiger partial charge on any atom is -0.478 e. The largest absolute Gasteiger partial charge is 0.478 e. The molecule has 3 aliphatic rings. The van der Waals surface area contributed by atoms with Gasteiger partial charge in [0.1, 0.15) is 18.2 Å². The molecule has 8 heteroatoms. The minimum atomic E-state index is -2.99. The maximum absolute atomic E-state index is 13.0. The second-order valence-electron chi connectivity index (χ2n) is 7.67. The molecule has 0 saturated carbocycles. The van der Waals surface area contributed by atoms with E-state index in [0.29, 0.717) is 36.8 Å². The number of allylic oxidation sites excluding steroid dienone is 1. The van der Waals surface area contributed by atoms with Gasteiger partial charge in [0.2, 0.25) is 5.78 Å². The van der Waals surface area contributed by atoms with Crippen LogP contribution in [0.5, 0.6) is 11.5 Å². The fourth-order valence-corrected chi connectivity index (χ4v) is 5.92. The summed E-state index contributed by atoms with van der Waals surface area (Å²) in [4.78, 5) is 19.0. The molecule has 7 nitrogen and oxygen atoms in total. The highest BCUT2D eigenvalue weighted by atomic mass is 32.2. The van der Waals surface area contributed by atoms with Gasteiger partial charge < -0.3 is 9.47 Å². The summed E-state index contributed by atoms with van der Waals surface area (Å²) in [5.41, 5.74) is 2.98. The molecule has 5 rings (SSSR count). The van der Waals surface area contributed by atoms with Crippen LogP contribution in [0.15, 0.2) is 36.4 Å². The molecular weight excluding hydrogens is 392 g/mol. The van der Waals surface area contributed by atoms with E-state index in [4.69, 9.17) is 9.47 Å². The molecule has 0 bridgehead atoms. The van der Waals surface area contributed by atoms with Gasteiger partial charge in [-0.25, -0.2) is 8.42 Å². The van der Waals surface area contributed by atoms with E-state index in [-0.39, 0.29) is 29.1 Å². The van der Waals surface area contributed by atoms with Gasteiger partial charge in [-0.1, -0.05) is 0 Å². The lowest BCUT2D eigenvalue weighted by molar-refractivity contribution is 0.0633. The molecule has 1 aromatic heterocycles. The first-order valence-corrected chi connectivity index (χ1v) is 11.3. The van der Waals surface area contributed by atoms with Crippen molar-refractivity contribution in [2.45, 2.75) is 25.9 Å². The zero-order valence-corrected chi connectivity index (χ0v) is 16.7. The van der Waals surface area contributed by atoms with Gasteiger partial charge in [-0.3, -0.25) is 14.7 Å². The van der Waals surface area contributed by atoms with Crippen molar-refractivity contribution in [1.82, 2.24) is 9.88 Å². The Hall–Kier alpha value is -2.71. The standard InChI is InChI=1S/C21H20N2O5S/c1-13-8-17-16(10-23(12-27-17)15-4-7-29(25,26)11-15)21-19(13)20(24)18(28-21)9-14-2-5-22-6-3-14/h2-3,5-6,8-9,15H,4,7,10-12H2,1H3/b18-9-. The predicted octanol–water partition coefficient (Wildman–Crippen LogP) is 2.35. The first-order valence-electron chi connectivity index (χ1n) is 9.49. The number of fused-ring (bicyclic) bond motifs is 3. The van der Waals surface area contributed by atoms with Crippen molar-refractivity contribution in [3.63, 3.8) is 0 Å². The second kappa shape index (κ2) is 6.67. The Labute approximate surface area is 168 Å². The molecular formula is C21H20N2O5S. The van der Waals surface area contributed by atoms with E-state index in [2.05, 4.69) is 4.98 Å². The minimum absolute atomic E-state index is 0.0750. The van der Waals surface area contributed by atoms with Crippen molar-refractivity contribution in [1.29, 1.82) is 0 Å². The monoisotopic (exact) mass is 412 g/mol. The van der Waals surface area contributed by atoms with Crippen LogP contribution in [0.4, 0.5) is 0 Å². The van der Waals surface area contributed by atoms with E-state index >= 15 is 0 Å². The SMILES string of the molecule is Cc1cc2c(c3c1C(=O)/C(=C/c1ccncc1)O3)CN(C1CCS(=O)(=O)C1)CO2. The maximum Gasteiger partial charge on any atom is 0.232 e. The topological polar surface area (TPSA) is 85.8 Å². The van der Waals surface area contributed by atoms with Gasteiger partial charge in [-0.05, 0) is 48.7 Å². The quantitative estimate of drug-likeness (QED) is 0.700. The number of benzene rings is 1. The highest BCUT2D eigenvalue weighted by Crippen LogP contribution is 2.44. The first kappa shape index (κ1) is 18.3.